The zero-order chi connectivity index (χ0) is 16.1. The van der Waals surface area contributed by atoms with Crippen LogP contribution in [0.25, 0.3) is 0 Å². The highest BCUT2D eigenvalue weighted by Gasteiger charge is 2.10. The second-order valence-corrected chi connectivity index (χ2v) is 5.74. The van der Waals surface area contributed by atoms with Gasteiger partial charge in [0.1, 0.15) is 0 Å². The van der Waals surface area contributed by atoms with Gasteiger partial charge in [0.2, 0.25) is 0 Å². The van der Waals surface area contributed by atoms with Gasteiger partial charge >= 0.3 is 6.01 Å². The SMILES string of the molecule is CC(C)c1noc(NCCNC(=O)c2ccc(Cl)c(Cl)c2)n1. The van der Waals surface area contributed by atoms with E-state index in [0.717, 1.165) is 0 Å². The van der Waals surface area contributed by atoms with Gasteiger partial charge in [-0.15, -0.1) is 0 Å². The number of anilines is 1. The molecule has 22 heavy (non-hydrogen) atoms. The molecular formula is C14H16Cl2N4O2. The Balaban J connectivity index is 1.78. The molecule has 0 aliphatic carbocycles. The average Bonchev–Trinajstić information content (AvgIpc) is 2.95. The van der Waals surface area contributed by atoms with Gasteiger partial charge < -0.3 is 15.2 Å². The minimum Gasteiger partial charge on any atom is -0.350 e. The summed E-state index contributed by atoms with van der Waals surface area (Å²) in [4.78, 5) is 16.1. The molecule has 0 unspecified atom stereocenters. The average molecular weight is 343 g/mol. The molecular weight excluding hydrogens is 327 g/mol. The number of rotatable bonds is 6. The van der Waals surface area contributed by atoms with Crippen molar-refractivity contribution in [2.75, 3.05) is 18.4 Å². The molecule has 0 radical (unpaired) electrons. The van der Waals surface area contributed by atoms with Crippen LogP contribution in [-0.2, 0) is 0 Å². The number of carbonyl (C=O) groups excluding carboxylic acids is 1. The Morgan fingerprint density at radius 3 is 2.68 bits per heavy atom. The smallest absolute Gasteiger partial charge is 0.321 e. The van der Waals surface area contributed by atoms with E-state index in [-0.39, 0.29) is 11.8 Å². The zero-order valence-electron chi connectivity index (χ0n) is 12.2. The standard InChI is InChI=1S/C14H16Cl2N4O2/c1-8(2)12-19-14(22-20-12)18-6-5-17-13(21)9-3-4-10(15)11(16)7-9/h3-4,7-8H,5-6H2,1-2H3,(H,17,21)(H,18,19,20). The summed E-state index contributed by atoms with van der Waals surface area (Å²) >= 11 is 11.7. The highest BCUT2D eigenvalue weighted by Crippen LogP contribution is 2.22. The fourth-order valence-electron chi connectivity index (χ4n) is 1.63. The van der Waals surface area contributed by atoms with Crippen molar-refractivity contribution in [2.24, 2.45) is 0 Å². The predicted molar refractivity (Wildman–Crippen MR) is 85.7 cm³/mol. The van der Waals surface area contributed by atoms with E-state index in [4.69, 9.17) is 27.7 Å². The maximum absolute atomic E-state index is 11.9. The first-order valence-electron chi connectivity index (χ1n) is 6.78. The Kier molecular flexibility index (Phi) is 5.63. The predicted octanol–water partition coefficient (Wildman–Crippen LogP) is 3.34. The van der Waals surface area contributed by atoms with Crippen LogP contribution < -0.4 is 10.6 Å². The van der Waals surface area contributed by atoms with Gasteiger partial charge in [-0.05, 0) is 18.2 Å². The largest absolute Gasteiger partial charge is 0.350 e. The normalized spacial score (nSPS) is 10.8. The van der Waals surface area contributed by atoms with E-state index < -0.39 is 0 Å². The van der Waals surface area contributed by atoms with Gasteiger partial charge in [-0.25, -0.2) is 0 Å². The van der Waals surface area contributed by atoms with Crippen LogP contribution >= 0.6 is 23.2 Å². The molecule has 1 amide bonds. The quantitative estimate of drug-likeness (QED) is 0.787. The molecule has 2 N–H and O–H groups in total. The number of nitrogens with zero attached hydrogens (tertiary/aromatic N) is 2. The highest BCUT2D eigenvalue weighted by atomic mass is 35.5. The fourth-order valence-corrected chi connectivity index (χ4v) is 1.92. The van der Waals surface area contributed by atoms with Crippen LogP contribution in [0.15, 0.2) is 22.7 Å². The van der Waals surface area contributed by atoms with Crippen LogP contribution in [0.3, 0.4) is 0 Å². The van der Waals surface area contributed by atoms with Gasteiger partial charge in [0, 0.05) is 24.6 Å². The van der Waals surface area contributed by atoms with E-state index in [1.165, 1.54) is 6.07 Å². The molecule has 0 bridgehead atoms. The number of benzene rings is 1. The van der Waals surface area contributed by atoms with Crippen molar-refractivity contribution in [1.82, 2.24) is 15.5 Å². The summed E-state index contributed by atoms with van der Waals surface area (Å²) in [6, 6.07) is 5.07. The summed E-state index contributed by atoms with van der Waals surface area (Å²) in [5, 5.41) is 10.3. The second kappa shape index (κ2) is 7.47. The van der Waals surface area contributed by atoms with Gasteiger partial charge in [-0.3, -0.25) is 4.79 Å². The van der Waals surface area contributed by atoms with Crippen LogP contribution in [0, 0.1) is 0 Å². The Labute approximate surface area is 138 Å². The molecule has 0 atom stereocenters. The summed E-state index contributed by atoms with van der Waals surface area (Å²) in [6.45, 7) is 4.82. The van der Waals surface area contributed by atoms with E-state index in [0.29, 0.717) is 40.5 Å². The number of nitrogens with one attached hydrogen (secondary N) is 2. The minimum absolute atomic E-state index is 0.202. The minimum atomic E-state index is -0.228. The Morgan fingerprint density at radius 2 is 2.05 bits per heavy atom. The van der Waals surface area contributed by atoms with Crippen molar-refractivity contribution in [2.45, 2.75) is 19.8 Å². The Morgan fingerprint density at radius 1 is 1.27 bits per heavy atom. The Hall–Kier alpha value is -1.79. The van der Waals surface area contributed by atoms with Crippen LogP contribution in [0.4, 0.5) is 6.01 Å². The summed E-state index contributed by atoms with van der Waals surface area (Å²) in [5.41, 5.74) is 0.453. The van der Waals surface area contributed by atoms with Crippen molar-refractivity contribution in [3.05, 3.63) is 39.6 Å². The van der Waals surface area contributed by atoms with Crippen molar-refractivity contribution in [1.29, 1.82) is 0 Å². The van der Waals surface area contributed by atoms with Crippen LogP contribution in [0.5, 0.6) is 0 Å². The Bertz CT molecular complexity index is 658. The third-order valence-corrected chi connectivity index (χ3v) is 3.57. The number of aromatic nitrogens is 2. The molecule has 6 nitrogen and oxygen atoms in total. The number of halogens is 2. The zero-order valence-corrected chi connectivity index (χ0v) is 13.7. The van der Waals surface area contributed by atoms with Crippen molar-refractivity contribution >= 4 is 35.1 Å². The molecule has 1 aromatic heterocycles. The summed E-state index contributed by atoms with van der Waals surface area (Å²) in [7, 11) is 0. The molecule has 118 valence electrons. The van der Waals surface area contributed by atoms with E-state index >= 15 is 0 Å². The number of carbonyl (C=O) groups is 1. The van der Waals surface area contributed by atoms with Crippen LogP contribution in [-0.4, -0.2) is 29.1 Å². The summed E-state index contributed by atoms with van der Waals surface area (Å²) in [6.07, 6.45) is 0. The molecule has 0 aliphatic rings. The summed E-state index contributed by atoms with van der Waals surface area (Å²) in [5.74, 6) is 0.616. The molecule has 1 heterocycles. The lowest BCUT2D eigenvalue weighted by molar-refractivity contribution is 0.0955. The molecule has 1 aromatic carbocycles. The summed E-state index contributed by atoms with van der Waals surface area (Å²) < 4.78 is 5.03. The third kappa shape index (κ3) is 4.35. The number of hydrogen-bond acceptors (Lipinski definition) is 5. The molecule has 0 saturated heterocycles. The van der Waals surface area contributed by atoms with Crippen LogP contribution in [0.2, 0.25) is 10.0 Å². The van der Waals surface area contributed by atoms with Gasteiger partial charge in [0.15, 0.2) is 5.82 Å². The van der Waals surface area contributed by atoms with Crippen molar-refractivity contribution < 1.29 is 9.32 Å². The van der Waals surface area contributed by atoms with Crippen LogP contribution in [0.1, 0.15) is 35.9 Å². The molecule has 0 spiro atoms. The van der Waals surface area contributed by atoms with Gasteiger partial charge in [-0.1, -0.05) is 42.2 Å². The van der Waals surface area contributed by atoms with Gasteiger partial charge in [0.05, 0.1) is 10.0 Å². The van der Waals surface area contributed by atoms with E-state index in [2.05, 4.69) is 20.8 Å². The topological polar surface area (TPSA) is 80.0 Å². The molecule has 0 saturated carbocycles. The monoisotopic (exact) mass is 342 g/mol. The fraction of sp³-hybridized carbons (Fsp3) is 0.357. The molecule has 0 aliphatic heterocycles. The van der Waals surface area contributed by atoms with Crippen molar-refractivity contribution in [3.63, 3.8) is 0 Å². The third-order valence-electron chi connectivity index (χ3n) is 2.83. The van der Waals surface area contributed by atoms with Gasteiger partial charge in [0.25, 0.3) is 5.91 Å². The maximum atomic E-state index is 11.9. The van der Waals surface area contributed by atoms with E-state index in [1.807, 2.05) is 13.8 Å². The van der Waals surface area contributed by atoms with E-state index in [1.54, 1.807) is 12.1 Å². The van der Waals surface area contributed by atoms with Crippen molar-refractivity contribution in [3.8, 4) is 0 Å². The molecule has 2 aromatic rings. The molecule has 2 rings (SSSR count). The maximum Gasteiger partial charge on any atom is 0.321 e. The highest BCUT2D eigenvalue weighted by molar-refractivity contribution is 6.42. The first kappa shape index (κ1) is 16.6. The molecule has 0 fully saturated rings. The lowest BCUT2D eigenvalue weighted by atomic mass is 10.2. The lowest BCUT2D eigenvalue weighted by Gasteiger charge is -2.06. The molecule has 8 heteroatoms. The number of amides is 1. The number of hydrogen-bond donors (Lipinski definition) is 2. The van der Waals surface area contributed by atoms with Gasteiger partial charge in [-0.2, -0.15) is 4.98 Å². The lowest BCUT2D eigenvalue weighted by Crippen LogP contribution is -2.28. The first-order valence-corrected chi connectivity index (χ1v) is 7.53. The van der Waals surface area contributed by atoms with E-state index in [9.17, 15) is 4.79 Å². The second-order valence-electron chi connectivity index (χ2n) is 4.92. The first-order chi connectivity index (χ1) is 10.5.